The first-order chi connectivity index (χ1) is 8.53. The summed E-state index contributed by atoms with van der Waals surface area (Å²) < 4.78 is 0. The first-order valence-corrected chi connectivity index (χ1v) is 7.38. The van der Waals surface area contributed by atoms with Crippen LogP contribution in [0.5, 0.6) is 0 Å². The van der Waals surface area contributed by atoms with E-state index >= 15 is 0 Å². The molecule has 0 amide bonds. The number of unbranched alkanes of at least 4 members (excludes halogenated alkanes) is 1. The second-order valence-corrected chi connectivity index (χ2v) is 6.48. The zero-order valence-corrected chi connectivity index (χ0v) is 12.3. The lowest BCUT2D eigenvalue weighted by molar-refractivity contribution is 0.492. The van der Waals surface area contributed by atoms with E-state index in [9.17, 15) is 0 Å². The molecule has 2 atom stereocenters. The Hall–Kier alpha value is -0.820. The first-order valence-electron chi connectivity index (χ1n) is 7.38. The Morgan fingerprint density at radius 2 is 1.89 bits per heavy atom. The van der Waals surface area contributed by atoms with Gasteiger partial charge in [-0.05, 0) is 42.7 Å². The largest absolute Gasteiger partial charge is 0.307 e. The van der Waals surface area contributed by atoms with Crippen LogP contribution < -0.4 is 5.32 Å². The highest BCUT2D eigenvalue weighted by molar-refractivity contribution is 5.25. The third-order valence-corrected chi connectivity index (χ3v) is 4.26. The van der Waals surface area contributed by atoms with Crippen LogP contribution in [0, 0.1) is 5.41 Å². The molecule has 0 radical (unpaired) electrons. The summed E-state index contributed by atoms with van der Waals surface area (Å²) in [5.41, 5.74) is 3.40. The molecule has 1 fully saturated rings. The molecule has 1 N–H and O–H groups in total. The van der Waals surface area contributed by atoms with Gasteiger partial charge in [0.2, 0.25) is 0 Å². The fraction of sp³-hybridized carbons (Fsp3) is 0.647. The molecule has 1 heteroatoms. The minimum absolute atomic E-state index is 0.469. The fourth-order valence-corrected chi connectivity index (χ4v) is 2.50. The Balaban J connectivity index is 1.88. The van der Waals surface area contributed by atoms with Gasteiger partial charge in [-0.25, -0.2) is 0 Å². The van der Waals surface area contributed by atoms with Gasteiger partial charge in [-0.15, -0.1) is 0 Å². The normalized spacial score (nSPS) is 22.8. The Morgan fingerprint density at radius 1 is 1.28 bits per heavy atom. The molecule has 0 bridgehead atoms. The van der Waals surface area contributed by atoms with Gasteiger partial charge >= 0.3 is 0 Å². The van der Waals surface area contributed by atoms with E-state index in [2.05, 4.69) is 57.3 Å². The fourth-order valence-electron chi connectivity index (χ4n) is 2.50. The summed E-state index contributed by atoms with van der Waals surface area (Å²) in [6.45, 7) is 9.20. The lowest BCUT2D eigenvalue weighted by Crippen LogP contribution is -2.24. The average molecular weight is 245 g/mol. The van der Waals surface area contributed by atoms with Crippen LogP contribution in [0.15, 0.2) is 24.3 Å². The smallest absolute Gasteiger partial charge is 0.0294 e. The summed E-state index contributed by atoms with van der Waals surface area (Å²) in [7, 11) is 0. The first kappa shape index (κ1) is 13.6. The highest BCUT2D eigenvalue weighted by Gasteiger charge is 2.45. The number of nitrogens with one attached hydrogen (secondary N) is 1. The van der Waals surface area contributed by atoms with Gasteiger partial charge in [-0.1, -0.05) is 51.5 Å². The maximum absolute atomic E-state index is 3.72. The Bertz CT molecular complexity index is 377. The van der Waals surface area contributed by atoms with Crippen molar-refractivity contribution in [2.75, 3.05) is 0 Å². The molecule has 0 saturated heterocycles. The summed E-state index contributed by atoms with van der Waals surface area (Å²) in [5, 5.41) is 3.72. The number of hydrogen-bond acceptors (Lipinski definition) is 1. The van der Waals surface area contributed by atoms with E-state index in [-0.39, 0.29) is 0 Å². The van der Waals surface area contributed by atoms with E-state index in [0.717, 1.165) is 0 Å². The number of aryl methyl sites for hydroxylation is 1. The Labute approximate surface area is 112 Å². The molecule has 0 spiro atoms. The molecule has 1 aliphatic rings. The monoisotopic (exact) mass is 245 g/mol. The zero-order chi connectivity index (χ0) is 13.2. The van der Waals surface area contributed by atoms with Crippen molar-refractivity contribution in [3.63, 3.8) is 0 Å². The Kier molecular flexibility index (Phi) is 4.11. The van der Waals surface area contributed by atoms with E-state index < -0.39 is 0 Å². The molecule has 1 nitrogen and oxygen atoms in total. The van der Waals surface area contributed by atoms with Crippen molar-refractivity contribution in [1.82, 2.24) is 5.32 Å². The molecule has 1 aromatic rings. The molecule has 2 unspecified atom stereocenters. The van der Waals surface area contributed by atoms with Crippen molar-refractivity contribution < 1.29 is 0 Å². The van der Waals surface area contributed by atoms with E-state index in [1.54, 1.807) is 0 Å². The quantitative estimate of drug-likeness (QED) is 0.779. The van der Waals surface area contributed by atoms with E-state index in [0.29, 0.717) is 17.5 Å². The molecule has 1 saturated carbocycles. The zero-order valence-electron chi connectivity index (χ0n) is 12.3. The van der Waals surface area contributed by atoms with Crippen LogP contribution in [0.25, 0.3) is 0 Å². The summed E-state index contributed by atoms with van der Waals surface area (Å²) >= 11 is 0. The maximum atomic E-state index is 3.72. The predicted molar refractivity (Wildman–Crippen MR) is 78.8 cm³/mol. The highest BCUT2D eigenvalue weighted by Crippen LogP contribution is 2.45. The minimum Gasteiger partial charge on any atom is -0.307 e. The topological polar surface area (TPSA) is 12.0 Å². The van der Waals surface area contributed by atoms with Gasteiger partial charge in [0, 0.05) is 12.1 Å². The van der Waals surface area contributed by atoms with Crippen LogP contribution in [-0.2, 0) is 6.42 Å². The number of hydrogen-bond donors (Lipinski definition) is 1. The van der Waals surface area contributed by atoms with Crippen LogP contribution in [0.1, 0.15) is 64.1 Å². The molecule has 1 aliphatic carbocycles. The van der Waals surface area contributed by atoms with Gasteiger partial charge in [0.25, 0.3) is 0 Å². The predicted octanol–water partition coefficient (Wildman–Crippen LogP) is 4.48. The van der Waals surface area contributed by atoms with E-state index in [4.69, 9.17) is 0 Å². The van der Waals surface area contributed by atoms with E-state index in [1.165, 1.54) is 36.8 Å². The molecular formula is C17H27N. The third-order valence-electron chi connectivity index (χ3n) is 4.26. The molecule has 2 rings (SSSR count). The summed E-state index contributed by atoms with van der Waals surface area (Å²) in [5.74, 6) is 0. The lowest BCUT2D eigenvalue weighted by Gasteiger charge is -2.16. The molecule has 0 aromatic heterocycles. The maximum Gasteiger partial charge on any atom is 0.0294 e. The van der Waals surface area contributed by atoms with Crippen LogP contribution in [0.3, 0.4) is 0 Å². The lowest BCUT2D eigenvalue weighted by atomic mass is 10.0. The van der Waals surface area contributed by atoms with Crippen LogP contribution in [0.4, 0.5) is 0 Å². The van der Waals surface area contributed by atoms with Gasteiger partial charge in [0.05, 0.1) is 0 Å². The molecule has 1 aromatic carbocycles. The van der Waals surface area contributed by atoms with Gasteiger partial charge in [0.15, 0.2) is 0 Å². The standard InChI is InChI=1S/C17H27N/c1-5-6-7-14-8-10-15(11-9-14)13(2)18-16-12-17(16,3)4/h8-11,13,16,18H,5-7,12H2,1-4H3. The molecular weight excluding hydrogens is 218 g/mol. The molecule has 0 heterocycles. The van der Waals surface area contributed by atoms with Crippen molar-refractivity contribution in [2.45, 2.75) is 65.5 Å². The second-order valence-electron chi connectivity index (χ2n) is 6.48. The van der Waals surface area contributed by atoms with Crippen LogP contribution in [-0.4, -0.2) is 6.04 Å². The van der Waals surface area contributed by atoms with Gasteiger partial charge < -0.3 is 5.32 Å². The SMILES string of the molecule is CCCCc1ccc(C(C)NC2CC2(C)C)cc1. The minimum atomic E-state index is 0.469. The summed E-state index contributed by atoms with van der Waals surface area (Å²) in [6, 6.07) is 10.3. The summed E-state index contributed by atoms with van der Waals surface area (Å²) in [4.78, 5) is 0. The molecule has 0 aliphatic heterocycles. The van der Waals surface area contributed by atoms with Crippen molar-refractivity contribution in [3.8, 4) is 0 Å². The van der Waals surface area contributed by atoms with Crippen molar-refractivity contribution in [3.05, 3.63) is 35.4 Å². The van der Waals surface area contributed by atoms with Crippen molar-refractivity contribution in [1.29, 1.82) is 0 Å². The van der Waals surface area contributed by atoms with Crippen LogP contribution >= 0.6 is 0 Å². The van der Waals surface area contributed by atoms with Gasteiger partial charge in [-0.2, -0.15) is 0 Å². The Morgan fingerprint density at radius 3 is 2.39 bits per heavy atom. The number of benzene rings is 1. The average Bonchev–Trinajstić information content (AvgIpc) is 2.94. The second kappa shape index (κ2) is 5.44. The van der Waals surface area contributed by atoms with Gasteiger partial charge in [-0.3, -0.25) is 0 Å². The van der Waals surface area contributed by atoms with Crippen LogP contribution in [0.2, 0.25) is 0 Å². The van der Waals surface area contributed by atoms with Crippen molar-refractivity contribution >= 4 is 0 Å². The molecule has 18 heavy (non-hydrogen) atoms. The summed E-state index contributed by atoms with van der Waals surface area (Å²) in [6.07, 6.45) is 5.10. The third kappa shape index (κ3) is 3.35. The van der Waals surface area contributed by atoms with E-state index in [1.807, 2.05) is 0 Å². The van der Waals surface area contributed by atoms with Gasteiger partial charge in [0.1, 0.15) is 0 Å². The number of rotatable bonds is 6. The molecule has 100 valence electrons. The van der Waals surface area contributed by atoms with Crippen molar-refractivity contribution in [2.24, 2.45) is 5.41 Å². The highest BCUT2D eigenvalue weighted by atomic mass is 15.0.